The fourth-order valence-electron chi connectivity index (χ4n) is 7.41. The van der Waals surface area contributed by atoms with E-state index in [1.807, 2.05) is 0 Å². The van der Waals surface area contributed by atoms with Crippen LogP contribution in [0, 0.1) is 6.92 Å². The molecule has 1 unspecified atom stereocenters. The number of rotatable bonds is 4. The molecule has 0 N–H and O–H groups in total. The molecule has 5 aromatic carbocycles. The smallest absolute Gasteiger partial charge is 1.00 e. The number of hydrogen-bond donors (Lipinski definition) is 0. The summed E-state index contributed by atoms with van der Waals surface area (Å²) in [5.74, 6) is 0. The minimum absolute atomic E-state index is 0. The second-order valence-electron chi connectivity index (χ2n) is 15.1. The molecule has 7 rings (SSSR count). The molecule has 0 aromatic heterocycles. The van der Waals surface area contributed by atoms with Gasteiger partial charge < -0.3 is 24.8 Å². The van der Waals surface area contributed by atoms with E-state index in [1.54, 1.807) is 14.3 Å². The van der Waals surface area contributed by atoms with Crippen LogP contribution in [0.5, 0.6) is 0 Å². The molecule has 5 aromatic rings. The number of fused-ring (bicyclic) bond motifs is 4. The van der Waals surface area contributed by atoms with Gasteiger partial charge in [0.25, 0.3) is 0 Å². The molecule has 0 fully saturated rings. The third kappa shape index (κ3) is 6.62. The molecule has 2 aliphatic rings. The van der Waals surface area contributed by atoms with Gasteiger partial charge in [-0.25, -0.2) is 0 Å². The second kappa shape index (κ2) is 13.6. The number of hydrogen-bond acceptors (Lipinski definition) is 0. The summed E-state index contributed by atoms with van der Waals surface area (Å²) in [7, 11) is 0. The van der Waals surface area contributed by atoms with Crippen molar-refractivity contribution in [3.63, 3.8) is 0 Å². The quantitative estimate of drug-likeness (QED) is 0.235. The Kier molecular flexibility index (Phi) is 10.3. The SMILES string of the molecule is Cc1ccc2c(c1)[CH]([Zr+2](=[C](c1ccccc1)c1ccccc1)[CH]1c3cc(C(C)(C)C)ccc3-c3ccc(C(C)(C)C)cc31)C=C2.[Cl-].[Cl-]. The van der Waals surface area contributed by atoms with Crippen LogP contribution in [0.3, 0.4) is 0 Å². The predicted molar refractivity (Wildman–Crippen MR) is 190 cm³/mol. The van der Waals surface area contributed by atoms with Crippen molar-refractivity contribution >= 4 is 9.28 Å². The van der Waals surface area contributed by atoms with E-state index in [4.69, 9.17) is 0 Å². The van der Waals surface area contributed by atoms with E-state index in [0.29, 0.717) is 7.25 Å². The van der Waals surface area contributed by atoms with Crippen molar-refractivity contribution in [3.8, 4) is 11.1 Å². The van der Waals surface area contributed by atoms with Crippen LogP contribution in [0.4, 0.5) is 0 Å². The van der Waals surface area contributed by atoms with E-state index in [0.717, 1.165) is 0 Å². The van der Waals surface area contributed by atoms with Gasteiger partial charge in [0.15, 0.2) is 0 Å². The third-order valence-corrected chi connectivity index (χ3v) is 18.6. The number of halogens is 2. The van der Waals surface area contributed by atoms with Crippen molar-refractivity contribution in [2.75, 3.05) is 0 Å². The first-order valence-corrected chi connectivity index (χ1v) is 20.5. The zero-order chi connectivity index (χ0) is 31.5. The number of benzene rings is 5. The van der Waals surface area contributed by atoms with Crippen LogP contribution in [0.15, 0.2) is 121 Å². The fourth-order valence-corrected chi connectivity index (χ4v) is 17.2. The predicted octanol–water partition coefficient (Wildman–Crippen LogP) is 5.32. The summed E-state index contributed by atoms with van der Waals surface area (Å²) < 4.78 is 2.44. The Bertz CT molecular complexity index is 1870. The summed E-state index contributed by atoms with van der Waals surface area (Å²) in [6, 6.07) is 44.7. The van der Waals surface area contributed by atoms with Crippen LogP contribution >= 0.6 is 0 Å². The van der Waals surface area contributed by atoms with Crippen molar-refractivity contribution < 1.29 is 46.1 Å². The third-order valence-electron chi connectivity index (χ3n) is 9.85. The van der Waals surface area contributed by atoms with Crippen LogP contribution in [0.1, 0.15) is 98.9 Å². The van der Waals surface area contributed by atoms with E-state index in [9.17, 15) is 0 Å². The van der Waals surface area contributed by atoms with Gasteiger partial charge >= 0.3 is 280 Å². The van der Waals surface area contributed by atoms with Gasteiger partial charge in [-0.15, -0.1) is 0 Å². The Morgan fingerprint density at radius 3 is 1.51 bits per heavy atom. The minimum atomic E-state index is -2.85. The van der Waals surface area contributed by atoms with Gasteiger partial charge in [0, 0.05) is 0 Å². The molecule has 2 aliphatic carbocycles. The fraction of sp³-hybridized carbons (Fsp3) is 0.250. The van der Waals surface area contributed by atoms with E-state index in [2.05, 4.69) is 176 Å². The first-order valence-electron chi connectivity index (χ1n) is 16.4. The maximum absolute atomic E-state index is 2.85. The zero-order valence-electron chi connectivity index (χ0n) is 28.5. The number of aryl methyl sites for hydroxylation is 1. The van der Waals surface area contributed by atoms with Crippen molar-refractivity contribution in [3.05, 3.63) is 171 Å². The van der Waals surface area contributed by atoms with Crippen molar-refractivity contribution in [2.24, 2.45) is 0 Å². The van der Waals surface area contributed by atoms with E-state index in [1.165, 1.54) is 50.1 Å². The molecule has 0 saturated carbocycles. The largest absolute Gasteiger partial charge is 1.00 e. The Morgan fingerprint density at radius 1 is 0.553 bits per heavy atom. The van der Waals surface area contributed by atoms with E-state index < -0.39 is 21.3 Å². The maximum Gasteiger partial charge on any atom is -1.00 e. The summed E-state index contributed by atoms with van der Waals surface area (Å²) in [5.41, 5.74) is 16.1. The average Bonchev–Trinajstić information content (AvgIpc) is 3.58. The topological polar surface area (TPSA) is 0 Å². The Morgan fingerprint density at radius 2 is 1.04 bits per heavy atom. The summed E-state index contributed by atoms with van der Waals surface area (Å²) in [6.07, 6.45) is 5.01. The van der Waals surface area contributed by atoms with Gasteiger partial charge in [-0.05, 0) is 0 Å². The first kappa shape index (κ1) is 35.5. The molecular formula is C44H44Cl2Zr. The molecule has 1 atom stereocenters. The number of allylic oxidation sites excluding steroid dienone is 1. The standard InChI is InChI=1S/C21H25.C13H10.C10H9.2ClH.Zr/c1-20(2,3)16-7-9-18-14(12-16)11-15-13-17(21(4,5)6)8-10-19(15)18;1-3-7-12(8-4-1)11-13-9-5-2-6-10-13;1-8-5-6-9-3-2-4-10(9)7-8;;;/h7-13H,1-6H3;1-10H;2-7H,1H3;2*1H;/q;;;;;+2/p-2. The molecule has 0 radical (unpaired) electrons. The average molecular weight is 735 g/mol. The van der Waals surface area contributed by atoms with Gasteiger partial charge in [-0.2, -0.15) is 0 Å². The summed E-state index contributed by atoms with van der Waals surface area (Å²) in [4.78, 5) is 0. The molecule has 0 spiro atoms. The molecule has 0 amide bonds. The maximum atomic E-state index is 2.60. The Hall–Kier alpha value is -2.83. The van der Waals surface area contributed by atoms with Crippen LogP contribution in [0.25, 0.3) is 17.2 Å². The minimum Gasteiger partial charge on any atom is -1.00 e. The van der Waals surface area contributed by atoms with Crippen LogP contribution in [0.2, 0.25) is 0 Å². The normalized spacial score (nSPS) is 14.6. The van der Waals surface area contributed by atoms with Gasteiger partial charge in [0.05, 0.1) is 0 Å². The molecule has 0 bridgehead atoms. The van der Waals surface area contributed by atoms with Crippen molar-refractivity contribution in [1.29, 1.82) is 0 Å². The zero-order valence-corrected chi connectivity index (χ0v) is 32.5. The summed E-state index contributed by atoms with van der Waals surface area (Å²) in [5, 5.41) is 0. The molecular weight excluding hydrogens is 691 g/mol. The van der Waals surface area contributed by atoms with Gasteiger partial charge in [0.2, 0.25) is 0 Å². The van der Waals surface area contributed by atoms with E-state index in [-0.39, 0.29) is 35.6 Å². The molecule has 0 heterocycles. The molecule has 0 aliphatic heterocycles. The monoisotopic (exact) mass is 732 g/mol. The van der Waals surface area contributed by atoms with Crippen molar-refractivity contribution in [2.45, 2.75) is 66.5 Å². The van der Waals surface area contributed by atoms with Gasteiger partial charge in [0.1, 0.15) is 0 Å². The van der Waals surface area contributed by atoms with Crippen molar-refractivity contribution in [1.82, 2.24) is 0 Å². The van der Waals surface area contributed by atoms with Gasteiger partial charge in [-0.1, -0.05) is 0 Å². The van der Waals surface area contributed by atoms with E-state index >= 15 is 0 Å². The van der Waals surface area contributed by atoms with Gasteiger partial charge in [-0.3, -0.25) is 0 Å². The summed E-state index contributed by atoms with van der Waals surface area (Å²) >= 11 is -2.85. The Balaban J connectivity index is 0.00000217. The molecule has 3 heteroatoms. The molecule has 0 saturated heterocycles. The van der Waals surface area contributed by atoms with Crippen LogP contribution in [-0.4, -0.2) is 3.21 Å². The first-order chi connectivity index (χ1) is 21.5. The second-order valence-corrected chi connectivity index (χ2v) is 21.5. The summed E-state index contributed by atoms with van der Waals surface area (Å²) in [6.45, 7) is 16.4. The molecule has 0 nitrogen and oxygen atoms in total. The Labute approximate surface area is 302 Å². The van der Waals surface area contributed by atoms with Crippen LogP contribution in [-0.2, 0) is 32.1 Å². The molecule has 238 valence electrons. The van der Waals surface area contributed by atoms with Crippen LogP contribution < -0.4 is 24.8 Å². The molecule has 47 heavy (non-hydrogen) atoms.